The number of aromatic nitrogens is 5. The molecule has 1 N–H and O–H groups in total. The van der Waals surface area contributed by atoms with Gasteiger partial charge in [0.1, 0.15) is 0 Å². The Morgan fingerprint density at radius 3 is 2.88 bits per heavy atom. The first-order chi connectivity index (χ1) is 12.3. The number of H-pyrrole nitrogens is 1. The minimum atomic E-state index is -0.00560. The lowest BCUT2D eigenvalue weighted by atomic mass is 9.94. The monoisotopic (exact) mass is 334 g/mol. The summed E-state index contributed by atoms with van der Waals surface area (Å²) in [5.41, 5.74) is 2.36. The van der Waals surface area contributed by atoms with Crippen LogP contribution in [-0.2, 0) is 0 Å². The third-order valence-electron chi connectivity index (χ3n) is 4.58. The van der Waals surface area contributed by atoms with Crippen molar-refractivity contribution in [2.24, 2.45) is 0 Å². The van der Waals surface area contributed by atoms with Crippen molar-refractivity contribution < 1.29 is 4.79 Å². The molecule has 0 aliphatic carbocycles. The number of aromatic amines is 1. The third kappa shape index (κ3) is 3.00. The molecule has 7 heteroatoms. The van der Waals surface area contributed by atoms with E-state index in [0.29, 0.717) is 17.0 Å². The van der Waals surface area contributed by atoms with Gasteiger partial charge < -0.3 is 4.90 Å². The Morgan fingerprint density at radius 2 is 2.08 bits per heavy atom. The molecule has 3 aromatic rings. The zero-order chi connectivity index (χ0) is 17.1. The van der Waals surface area contributed by atoms with Gasteiger partial charge in [-0.1, -0.05) is 24.3 Å². The van der Waals surface area contributed by atoms with Crippen molar-refractivity contribution in [2.45, 2.75) is 25.3 Å². The first-order valence-electron chi connectivity index (χ1n) is 8.38. The Morgan fingerprint density at radius 1 is 1.16 bits per heavy atom. The molecular formula is C18H18N6O. The fourth-order valence-electron chi connectivity index (χ4n) is 3.39. The number of carbonyl (C=O) groups excluding carboxylic acids is 1. The summed E-state index contributed by atoms with van der Waals surface area (Å²) in [5.74, 6) is 0.424. The molecule has 1 fully saturated rings. The second-order valence-corrected chi connectivity index (χ2v) is 6.08. The quantitative estimate of drug-likeness (QED) is 0.795. The molecule has 0 saturated carbocycles. The molecule has 2 aromatic heterocycles. The molecule has 3 heterocycles. The van der Waals surface area contributed by atoms with E-state index in [1.807, 2.05) is 47.5 Å². The third-order valence-corrected chi connectivity index (χ3v) is 4.58. The highest BCUT2D eigenvalue weighted by molar-refractivity contribution is 6.00. The zero-order valence-corrected chi connectivity index (χ0v) is 13.7. The lowest BCUT2D eigenvalue weighted by Crippen LogP contribution is -2.38. The summed E-state index contributed by atoms with van der Waals surface area (Å²) in [4.78, 5) is 19.5. The van der Waals surface area contributed by atoms with Crippen molar-refractivity contribution >= 4 is 5.91 Å². The van der Waals surface area contributed by atoms with Crippen LogP contribution in [-0.4, -0.2) is 43.0 Å². The molecule has 0 radical (unpaired) electrons. The average Bonchev–Trinajstić information content (AvgIpc) is 3.23. The summed E-state index contributed by atoms with van der Waals surface area (Å²) in [7, 11) is 0. The summed E-state index contributed by atoms with van der Waals surface area (Å²) in [6.45, 7) is 0.735. The predicted octanol–water partition coefficient (Wildman–Crippen LogP) is 2.63. The summed E-state index contributed by atoms with van der Waals surface area (Å²) in [5, 5.41) is 14.1. The zero-order valence-electron chi connectivity index (χ0n) is 13.7. The highest BCUT2D eigenvalue weighted by Gasteiger charge is 2.30. The van der Waals surface area contributed by atoms with E-state index < -0.39 is 0 Å². The van der Waals surface area contributed by atoms with E-state index in [0.717, 1.165) is 31.4 Å². The molecule has 1 saturated heterocycles. The van der Waals surface area contributed by atoms with Crippen molar-refractivity contribution in [3.8, 4) is 11.4 Å². The number of rotatable bonds is 3. The van der Waals surface area contributed by atoms with Crippen LogP contribution >= 0.6 is 0 Å². The average molecular weight is 334 g/mol. The molecule has 0 spiro atoms. The van der Waals surface area contributed by atoms with Gasteiger partial charge in [0, 0.05) is 24.5 Å². The number of hydrogen-bond acceptors (Lipinski definition) is 5. The fraction of sp³-hybridized carbons (Fsp3) is 0.278. The molecule has 0 bridgehead atoms. The van der Waals surface area contributed by atoms with Crippen molar-refractivity contribution in [2.75, 3.05) is 6.54 Å². The van der Waals surface area contributed by atoms with E-state index in [4.69, 9.17) is 0 Å². The van der Waals surface area contributed by atoms with E-state index in [-0.39, 0.29) is 11.9 Å². The maximum absolute atomic E-state index is 13.3. The smallest absolute Gasteiger partial charge is 0.255 e. The van der Waals surface area contributed by atoms with Gasteiger partial charge in [0.25, 0.3) is 5.91 Å². The maximum atomic E-state index is 13.3. The topological polar surface area (TPSA) is 87.7 Å². The van der Waals surface area contributed by atoms with E-state index in [1.165, 1.54) is 0 Å². The van der Waals surface area contributed by atoms with Gasteiger partial charge in [-0.05, 0) is 42.2 Å². The number of nitrogens with zero attached hydrogens (tertiary/aromatic N) is 5. The van der Waals surface area contributed by atoms with Crippen molar-refractivity contribution in [3.05, 3.63) is 59.9 Å². The minimum Gasteiger partial charge on any atom is -0.332 e. The number of carbonyl (C=O) groups is 1. The molecule has 7 nitrogen and oxygen atoms in total. The van der Waals surface area contributed by atoms with Crippen LogP contribution in [0.25, 0.3) is 11.4 Å². The van der Waals surface area contributed by atoms with E-state index in [1.54, 1.807) is 6.20 Å². The van der Waals surface area contributed by atoms with E-state index >= 15 is 0 Å². The van der Waals surface area contributed by atoms with Gasteiger partial charge in [-0.15, -0.1) is 10.2 Å². The number of benzene rings is 1. The van der Waals surface area contributed by atoms with Gasteiger partial charge >= 0.3 is 0 Å². The summed E-state index contributed by atoms with van der Waals surface area (Å²) in [6.07, 6.45) is 6.66. The SMILES string of the molecule is O=C(c1ccccc1-c1nn[nH]n1)N1CCCC[C@@H]1c1cccnc1. The van der Waals surface area contributed by atoms with Crippen LogP contribution in [0, 0.1) is 0 Å². The molecule has 0 unspecified atom stereocenters. The Balaban J connectivity index is 1.70. The lowest BCUT2D eigenvalue weighted by Gasteiger charge is -2.36. The molecular weight excluding hydrogens is 316 g/mol. The minimum absolute atomic E-state index is 0.00560. The first-order valence-corrected chi connectivity index (χ1v) is 8.38. The normalized spacial score (nSPS) is 17.4. The van der Waals surface area contributed by atoms with Crippen molar-refractivity contribution in [3.63, 3.8) is 0 Å². The van der Waals surface area contributed by atoms with Gasteiger partial charge in [-0.3, -0.25) is 9.78 Å². The molecule has 4 rings (SSSR count). The summed E-state index contributed by atoms with van der Waals surface area (Å²) >= 11 is 0. The number of likely N-dealkylation sites (tertiary alicyclic amines) is 1. The molecule has 126 valence electrons. The standard InChI is InChI=1S/C18H18N6O/c25-18(15-8-2-1-7-14(15)17-20-22-23-21-17)24-11-4-3-9-16(24)13-6-5-10-19-12-13/h1-2,5-8,10,12,16H,3-4,9,11H2,(H,20,21,22,23)/t16-/m1/s1. The van der Waals surface area contributed by atoms with Crippen LogP contribution in [0.3, 0.4) is 0 Å². The maximum Gasteiger partial charge on any atom is 0.255 e. The number of hydrogen-bond donors (Lipinski definition) is 1. The highest BCUT2D eigenvalue weighted by Crippen LogP contribution is 2.33. The number of nitrogens with one attached hydrogen (secondary N) is 1. The predicted molar refractivity (Wildman–Crippen MR) is 91.5 cm³/mol. The van der Waals surface area contributed by atoms with Gasteiger partial charge in [0.05, 0.1) is 11.6 Å². The van der Waals surface area contributed by atoms with Gasteiger partial charge in [-0.25, -0.2) is 0 Å². The summed E-state index contributed by atoms with van der Waals surface area (Å²) in [6, 6.07) is 11.4. The number of piperidine rings is 1. The van der Waals surface area contributed by atoms with Crippen LogP contribution in [0.5, 0.6) is 0 Å². The Kier molecular flexibility index (Phi) is 4.20. The Labute approximate surface area is 145 Å². The number of pyridine rings is 1. The van der Waals surface area contributed by atoms with Gasteiger partial charge in [0.2, 0.25) is 5.82 Å². The first kappa shape index (κ1) is 15.4. The summed E-state index contributed by atoms with van der Waals surface area (Å²) < 4.78 is 0. The van der Waals surface area contributed by atoms with Crippen molar-refractivity contribution in [1.29, 1.82) is 0 Å². The number of tetrazole rings is 1. The van der Waals surface area contributed by atoms with E-state index in [2.05, 4.69) is 25.6 Å². The Bertz CT molecular complexity index is 849. The van der Waals surface area contributed by atoms with Crippen LogP contribution < -0.4 is 0 Å². The molecule has 1 aromatic carbocycles. The largest absolute Gasteiger partial charge is 0.332 e. The molecule has 1 aliphatic heterocycles. The second-order valence-electron chi connectivity index (χ2n) is 6.08. The van der Waals surface area contributed by atoms with Gasteiger partial charge in [0.15, 0.2) is 0 Å². The van der Waals surface area contributed by atoms with Crippen molar-refractivity contribution in [1.82, 2.24) is 30.5 Å². The van der Waals surface area contributed by atoms with Crippen LogP contribution in [0.2, 0.25) is 0 Å². The number of amides is 1. The van der Waals surface area contributed by atoms with Gasteiger partial charge in [-0.2, -0.15) is 5.21 Å². The van der Waals surface area contributed by atoms with Crippen LogP contribution in [0.4, 0.5) is 0 Å². The molecule has 1 atom stereocenters. The highest BCUT2D eigenvalue weighted by atomic mass is 16.2. The van der Waals surface area contributed by atoms with E-state index in [9.17, 15) is 4.79 Å². The second kappa shape index (κ2) is 6.80. The lowest BCUT2D eigenvalue weighted by molar-refractivity contribution is 0.0612. The molecule has 1 amide bonds. The Hall–Kier alpha value is -3.09. The molecule has 1 aliphatic rings. The van der Waals surface area contributed by atoms with Crippen LogP contribution in [0.15, 0.2) is 48.8 Å². The van der Waals surface area contributed by atoms with Crippen LogP contribution in [0.1, 0.15) is 41.2 Å². The molecule has 25 heavy (non-hydrogen) atoms. The fourth-order valence-corrected chi connectivity index (χ4v) is 3.39.